The molecule has 0 unspecified atom stereocenters. The molecule has 27 heavy (non-hydrogen) atoms. The van der Waals surface area contributed by atoms with E-state index >= 15 is 0 Å². The lowest BCUT2D eigenvalue weighted by molar-refractivity contribution is -0.117. The zero-order valence-corrected chi connectivity index (χ0v) is 16.6. The minimum Gasteiger partial charge on any atom is -0.450 e. The number of anilines is 1. The van der Waals surface area contributed by atoms with Crippen molar-refractivity contribution >= 4 is 27.7 Å². The third kappa shape index (κ3) is 3.79. The molecule has 0 saturated carbocycles. The second kappa shape index (κ2) is 7.12. The van der Waals surface area contributed by atoms with Crippen LogP contribution in [0.15, 0.2) is 23.1 Å². The van der Waals surface area contributed by atoms with Crippen molar-refractivity contribution in [3.63, 3.8) is 0 Å². The SMILES string of the molecule is CCOC(=O)N1CCN(S(=O)(=O)c2ccc3c(c2)C(C)(C)CC(=O)N3)CC1. The topological polar surface area (TPSA) is 96.0 Å². The van der Waals surface area contributed by atoms with Gasteiger partial charge in [-0.25, -0.2) is 13.2 Å². The predicted molar refractivity (Wildman–Crippen MR) is 100 cm³/mol. The number of carbonyl (C=O) groups is 2. The number of amides is 2. The van der Waals surface area contributed by atoms with Crippen LogP contribution in [0.2, 0.25) is 0 Å². The summed E-state index contributed by atoms with van der Waals surface area (Å²) in [5, 5.41) is 2.80. The van der Waals surface area contributed by atoms with E-state index in [1.54, 1.807) is 19.1 Å². The van der Waals surface area contributed by atoms with Crippen molar-refractivity contribution < 1.29 is 22.7 Å². The molecule has 2 aliphatic rings. The Labute approximate surface area is 159 Å². The molecule has 2 aliphatic heterocycles. The van der Waals surface area contributed by atoms with Gasteiger partial charge < -0.3 is 15.0 Å². The fourth-order valence-corrected chi connectivity index (χ4v) is 4.97. The van der Waals surface area contributed by atoms with Crippen molar-refractivity contribution in [3.8, 4) is 0 Å². The highest BCUT2D eigenvalue weighted by Crippen LogP contribution is 2.38. The van der Waals surface area contributed by atoms with Gasteiger partial charge >= 0.3 is 6.09 Å². The Hall–Kier alpha value is -2.13. The number of sulfonamides is 1. The zero-order chi connectivity index (χ0) is 19.8. The first-order chi connectivity index (χ1) is 12.6. The number of piperazine rings is 1. The van der Waals surface area contributed by atoms with Gasteiger partial charge in [-0.3, -0.25) is 4.79 Å². The first-order valence-corrected chi connectivity index (χ1v) is 10.5. The molecule has 0 atom stereocenters. The summed E-state index contributed by atoms with van der Waals surface area (Å²) in [5.41, 5.74) is 1.03. The summed E-state index contributed by atoms with van der Waals surface area (Å²) in [6.07, 6.45) is -0.109. The minimum absolute atomic E-state index is 0.0711. The van der Waals surface area contributed by atoms with E-state index in [0.717, 1.165) is 5.56 Å². The number of benzene rings is 1. The number of rotatable bonds is 3. The van der Waals surface area contributed by atoms with E-state index in [4.69, 9.17) is 4.74 Å². The van der Waals surface area contributed by atoms with Crippen molar-refractivity contribution in [3.05, 3.63) is 23.8 Å². The van der Waals surface area contributed by atoms with Crippen LogP contribution in [0.5, 0.6) is 0 Å². The molecule has 8 nitrogen and oxygen atoms in total. The molecule has 148 valence electrons. The molecular formula is C18H25N3O5S. The Kier molecular flexibility index (Phi) is 5.18. The second-order valence-corrected chi connectivity index (χ2v) is 9.34. The van der Waals surface area contributed by atoms with Crippen LogP contribution in [0.3, 0.4) is 0 Å². The highest BCUT2D eigenvalue weighted by molar-refractivity contribution is 7.89. The fourth-order valence-electron chi connectivity index (χ4n) is 3.52. The van der Waals surface area contributed by atoms with Crippen LogP contribution in [-0.2, 0) is 25.0 Å². The zero-order valence-electron chi connectivity index (χ0n) is 15.8. The van der Waals surface area contributed by atoms with Crippen LogP contribution in [0.25, 0.3) is 0 Å². The van der Waals surface area contributed by atoms with Crippen molar-refractivity contribution in [1.29, 1.82) is 0 Å². The summed E-state index contributed by atoms with van der Waals surface area (Å²) in [5.74, 6) is -0.0711. The lowest BCUT2D eigenvalue weighted by Crippen LogP contribution is -2.50. The largest absolute Gasteiger partial charge is 0.450 e. The van der Waals surface area contributed by atoms with Crippen LogP contribution < -0.4 is 5.32 Å². The fraction of sp³-hybridized carbons (Fsp3) is 0.556. The second-order valence-electron chi connectivity index (χ2n) is 7.41. The number of carbonyl (C=O) groups excluding carboxylic acids is 2. The highest BCUT2D eigenvalue weighted by Gasteiger charge is 2.35. The number of hydrogen-bond acceptors (Lipinski definition) is 5. The first kappa shape index (κ1) is 19.6. The van der Waals surface area contributed by atoms with Gasteiger partial charge in [-0.15, -0.1) is 0 Å². The van der Waals surface area contributed by atoms with Crippen LogP contribution in [-0.4, -0.2) is 62.4 Å². The van der Waals surface area contributed by atoms with Crippen molar-refractivity contribution in [2.24, 2.45) is 0 Å². The van der Waals surface area contributed by atoms with Gasteiger partial charge in [-0.1, -0.05) is 13.8 Å². The maximum absolute atomic E-state index is 13.1. The molecule has 2 heterocycles. The summed E-state index contributed by atoms with van der Waals surface area (Å²) in [7, 11) is -3.68. The minimum atomic E-state index is -3.68. The van der Waals surface area contributed by atoms with Crippen LogP contribution in [0.1, 0.15) is 32.8 Å². The third-order valence-corrected chi connectivity index (χ3v) is 6.89. The summed E-state index contributed by atoms with van der Waals surface area (Å²) in [4.78, 5) is 25.3. The monoisotopic (exact) mass is 395 g/mol. The Morgan fingerprint density at radius 3 is 2.52 bits per heavy atom. The number of fused-ring (bicyclic) bond motifs is 1. The average molecular weight is 395 g/mol. The number of nitrogens with zero attached hydrogens (tertiary/aromatic N) is 2. The Morgan fingerprint density at radius 1 is 1.22 bits per heavy atom. The molecule has 1 aromatic carbocycles. The van der Waals surface area contributed by atoms with Gasteiger partial charge in [0.1, 0.15) is 0 Å². The molecule has 1 fully saturated rings. The standard InChI is InChI=1S/C18H25N3O5S/c1-4-26-17(23)20-7-9-21(10-8-20)27(24,25)13-5-6-15-14(11-13)18(2,3)12-16(22)19-15/h5-6,11H,4,7-10,12H2,1-3H3,(H,19,22). The van der Waals surface area contributed by atoms with Gasteiger partial charge in [0.2, 0.25) is 15.9 Å². The van der Waals surface area contributed by atoms with E-state index in [-0.39, 0.29) is 23.9 Å². The van der Waals surface area contributed by atoms with E-state index in [1.807, 2.05) is 13.8 Å². The average Bonchev–Trinajstić information content (AvgIpc) is 2.61. The number of hydrogen-bond donors (Lipinski definition) is 1. The van der Waals surface area contributed by atoms with Gasteiger partial charge in [-0.2, -0.15) is 4.31 Å². The van der Waals surface area contributed by atoms with E-state index in [2.05, 4.69) is 5.32 Å². The van der Waals surface area contributed by atoms with Gasteiger partial charge in [0.05, 0.1) is 11.5 Å². The molecule has 1 aromatic rings. The quantitative estimate of drug-likeness (QED) is 0.841. The lowest BCUT2D eigenvalue weighted by Gasteiger charge is -2.35. The smallest absolute Gasteiger partial charge is 0.409 e. The molecule has 2 amide bonds. The van der Waals surface area contributed by atoms with E-state index in [1.165, 1.54) is 15.3 Å². The molecule has 1 saturated heterocycles. The Bertz CT molecular complexity index is 858. The molecule has 1 N–H and O–H groups in total. The Morgan fingerprint density at radius 2 is 1.89 bits per heavy atom. The van der Waals surface area contributed by atoms with Crippen molar-refractivity contribution in [1.82, 2.24) is 9.21 Å². The van der Waals surface area contributed by atoms with E-state index < -0.39 is 21.5 Å². The summed E-state index contributed by atoms with van der Waals surface area (Å²) in [6.45, 7) is 6.92. The van der Waals surface area contributed by atoms with Crippen molar-refractivity contribution in [2.75, 3.05) is 38.1 Å². The van der Waals surface area contributed by atoms with Gasteiger partial charge in [0.25, 0.3) is 0 Å². The Balaban J connectivity index is 1.81. The molecular weight excluding hydrogens is 370 g/mol. The van der Waals surface area contributed by atoms with Crippen LogP contribution >= 0.6 is 0 Å². The normalized spacial score (nSPS) is 20.0. The molecule has 9 heteroatoms. The highest BCUT2D eigenvalue weighted by atomic mass is 32.2. The predicted octanol–water partition coefficient (Wildman–Crippen LogP) is 1.77. The molecule has 0 radical (unpaired) electrons. The van der Waals surface area contributed by atoms with Crippen LogP contribution in [0, 0.1) is 0 Å². The first-order valence-electron chi connectivity index (χ1n) is 9.01. The summed E-state index contributed by atoms with van der Waals surface area (Å²) < 4.78 is 32.5. The van der Waals surface area contributed by atoms with Gasteiger partial charge in [0.15, 0.2) is 0 Å². The molecule has 3 rings (SSSR count). The summed E-state index contributed by atoms with van der Waals surface area (Å²) >= 11 is 0. The van der Waals surface area contributed by atoms with Gasteiger partial charge in [0, 0.05) is 43.7 Å². The number of ether oxygens (including phenoxy) is 1. The molecule has 0 spiro atoms. The number of nitrogens with one attached hydrogen (secondary N) is 1. The summed E-state index contributed by atoms with van der Waals surface area (Å²) in [6, 6.07) is 4.82. The van der Waals surface area contributed by atoms with Gasteiger partial charge in [-0.05, 0) is 30.7 Å². The maximum Gasteiger partial charge on any atom is 0.409 e. The van der Waals surface area contributed by atoms with E-state index in [9.17, 15) is 18.0 Å². The molecule has 0 aromatic heterocycles. The third-order valence-electron chi connectivity index (χ3n) is 5.00. The lowest BCUT2D eigenvalue weighted by atomic mass is 9.78. The molecule has 0 aliphatic carbocycles. The maximum atomic E-state index is 13.1. The van der Waals surface area contributed by atoms with Crippen molar-refractivity contribution in [2.45, 2.75) is 37.5 Å². The molecule has 0 bridgehead atoms. The van der Waals surface area contributed by atoms with E-state index in [0.29, 0.717) is 31.8 Å². The van der Waals surface area contributed by atoms with Crippen LogP contribution in [0.4, 0.5) is 10.5 Å².